The van der Waals surface area contributed by atoms with E-state index >= 15 is 0 Å². The average molecular weight is 300 g/mol. The van der Waals surface area contributed by atoms with E-state index in [0.29, 0.717) is 29.4 Å². The average Bonchev–Trinajstić information content (AvgIpc) is 3.16. The maximum Gasteiger partial charge on any atom is 0.250 e. The van der Waals surface area contributed by atoms with E-state index in [1.54, 1.807) is 6.07 Å². The third kappa shape index (κ3) is 2.39. The molecule has 0 radical (unpaired) electrons. The SMILES string of the molecule is Cc1nn(C)c(C)c1Cc1nc(-c2cc(C(N)=O)c[nH]2)no1. The molecule has 1 amide bonds. The molecule has 0 saturated heterocycles. The molecule has 0 aliphatic heterocycles. The molecule has 0 unspecified atom stereocenters. The first-order valence-electron chi connectivity index (χ1n) is 6.76. The van der Waals surface area contributed by atoms with Gasteiger partial charge < -0.3 is 15.2 Å². The number of carbonyl (C=O) groups is 1. The molecule has 8 heteroatoms. The van der Waals surface area contributed by atoms with Crippen LogP contribution >= 0.6 is 0 Å². The molecule has 3 aromatic heterocycles. The zero-order chi connectivity index (χ0) is 15.9. The van der Waals surface area contributed by atoms with Crippen molar-refractivity contribution < 1.29 is 9.32 Å². The number of primary amides is 1. The second kappa shape index (κ2) is 5.14. The zero-order valence-electron chi connectivity index (χ0n) is 12.5. The lowest BCUT2D eigenvalue weighted by molar-refractivity contribution is 0.100. The van der Waals surface area contributed by atoms with Gasteiger partial charge in [-0.15, -0.1) is 0 Å². The van der Waals surface area contributed by atoms with Crippen molar-refractivity contribution in [2.45, 2.75) is 20.3 Å². The second-order valence-corrected chi connectivity index (χ2v) is 5.13. The van der Waals surface area contributed by atoms with Gasteiger partial charge in [0.1, 0.15) is 0 Å². The van der Waals surface area contributed by atoms with Crippen LogP contribution in [0.3, 0.4) is 0 Å². The Labute approximate surface area is 126 Å². The summed E-state index contributed by atoms with van der Waals surface area (Å²) in [5.74, 6) is 0.374. The van der Waals surface area contributed by atoms with Crippen molar-refractivity contribution in [1.82, 2.24) is 24.9 Å². The van der Waals surface area contributed by atoms with Crippen molar-refractivity contribution in [2.24, 2.45) is 12.8 Å². The fourth-order valence-electron chi connectivity index (χ4n) is 2.33. The van der Waals surface area contributed by atoms with E-state index in [9.17, 15) is 4.79 Å². The number of hydrogen-bond donors (Lipinski definition) is 2. The predicted octanol–water partition coefficient (Wildman–Crippen LogP) is 1.10. The van der Waals surface area contributed by atoms with Crippen molar-refractivity contribution in [1.29, 1.82) is 0 Å². The molecular weight excluding hydrogens is 284 g/mol. The standard InChI is InChI=1S/C14H16N6O2/c1-7-10(8(2)20(3)18-7)5-12-17-14(19-22-12)11-4-9(6-16-11)13(15)21/h4,6,16H,5H2,1-3H3,(H2,15,21). The van der Waals surface area contributed by atoms with Gasteiger partial charge in [-0.2, -0.15) is 10.1 Å². The van der Waals surface area contributed by atoms with Crippen LogP contribution in [-0.2, 0) is 13.5 Å². The van der Waals surface area contributed by atoms with Crippen molar-refractivity contribution in [2.75, 3.05) is 0 Å². The van der Waals surface area contributed by atoms with E-state index in [2.05, 4.69) is 20.2 Å². The first-order chi connectivity index (χ1) is 10.5. The molecule has 3 rings (SSSR count). The Morgan fingerprint density at radius 3 is 2.82 bits per heavy atom. The Bertz CT molecular complexity index is 842. The molecular formula is C14H16N6O2. The molecule has 0 aliphatic carbocycles. The molecule has 3 N–H and O–H groups in total. The van der Waals surface area contributed by atoms with Gasteiger partial charge in [-0.25, -0.2) is 0 Å². The minimum Gasteiger partial charge on any atom is -0.366 e. The fraction of sp³-hybridized carbons (Fsp3) is 0.286. The topological polar surface area (TPSA) is 116 Å². The number of nitrogens with one attached hydrogen (secondary N) is 1. The van der Waals surface area contributed by atoms with Gasteiger partial charge >= 0.3 is 0 Å². The molecule has 0 saturated carbocycles. The van der Waals surface area contributed by atoms with Crippen LogP contribution in [0.5, 0.6) is 0 Å². The van der Waals surface area contributed by atoms with Gasteiger partial charge in [-0.3, -0.25) is 9.48 Å². The number of carbonyl (C=O) groups excluding carboxylic acids is 1. The van der Waals surface area contributed by atoms with Crippen molar-refractivity contribution in [3.63, 3.8) is 0 Å². The van der Waals surface area contributed by atoms with Crippen molar-refractivity contribution >= 4 is 5.91 Å². The number of H-pyrrole nitrogens is 1. The Hall–Kier alpha value is -2.90. The lowest BCUT2D eigenvalue weighted by Gasteiger charge is -1.97. The highest BCUT2D eigenvalue weighted by atomic mass is 16.5. The number of aromatic amines is 1. The van der Waals surface area contributed by atoms with Crippen LogP contribution in [0.1, 0.15) is 33.2 Å². The van der Waals surface area contributed by atoms with Crippen LogP contribution < -0.4 is 5.73 Å². The number of aryl methyl sites for hydroxylation is 2. The number of nitrogens with zero attached hydrogens (tertiary/aromatic N) is 4. The lowest BCUT2D eigenvalue weighted by atomic mass is 10.1. The molecule has 3 aromatic rings. The Kier molecular flexibility index (Phi) is 3.28. The highest BCUT2D eigenvalue weighted by molar-refractivity contribution is 5.93. The van der Waals surface area contributed by atoms with Crippen LogP contribution in [0.25, 0.3) is 11.5 Å². The van der Waals surface area contributed by atoms with Gasteiger partial charge in [-0.05, 0) is 19.9 Å². The Balaban J connectivity index is 1.85. The minimum atomic E-state index is -0.507. The molecule has 0 bridgehead atoms. The number of nitrogens with two attached hydrogens (primary N) is 1. The van der Waals surface area contributed by atoms with Gasteiger partial charge in [0.25, 0.3) is 0 Å². The molecule has 0 fully saturated rings. The highest BCUT2D eigenvalue weighted by Crippen LogP contribution is 2.19. The quantitative estimate of drug-likeness (QED) is 0.748. The monoisotopic (exact) mass is 300 g/mol. The Morgan fingerprint density at radius 2 is 2.23 bits per heavy atom. The van der Waals surface area contributed by atoms with E-state index in [0.717, 1.165) is 17.0 Å². The van der Waals surface area contributed by atoms with Gasteiger partial charge in [0.15, 0.2) is 0 Å². The minimum absolute atomic E-state index is 0.375. The molecule has 0 spiro atoms. The van der Waals surface area contributed by atoms with Gasteiger partial charge in [-0.1, -0.05) is 5.16 Å². The highest BCUT2D eigenvalue weighted by Gasteiger charge is 2.16. The maximum atomic E-state index is 11.1. The van der Waals surface area contributed by atoms with Gasteiger partial charge in [0.2, 0.25) is 17.6 Å². The van der Waals surface area contributed by atoms with Crippen LogP contribution in [-0.4, -0.2) is 30.8 Å². The van der Waals surface area contributed by atoms with E-state index in [1.807, 2.05) is 25.6 Å². The first kappa shape index (κ1) is 14.1. The maximum absolute atomic E-state index is 11.1. The summed E-state index contributed by atoms with van der Waals surface area (Å²) >= 11 is 0. The third-order valence-electron chi connectivity index (χ3n) is 3.66. The van der Waals surface area contributed by atoms with Crippen LogP contribution in [0.4, 0.5) is 0 Å². The number of amides is 1. The summed E-state index contributed by atoms with van der Waals surface area (Å²) in [7, 11) is 1.90. The van der Waals surface area contributed by atoms with Crippen molar-refractivity contribution in [3.05, 3.63) is 40.7 Å². The number of aromatic nitrogens is 5. The predicted molar refractivity (Wildman–Crippen MR) is 78.1 cm³/mol. The molecule has 3 heterocycles. The van der Waals surface area contributed by atoms with Gasteiger partial charge in [0, 0.05) is 24.5 Å². The zero-order valence-corrected chi connectivity index (χ0v) is 12.5. The fourth-order valence-corrected chi connectivity index (χ4v) is 2.33. The van der Waals surface area contributed by atoms with Crippen LogP contribution in [0.15, 0.2) is 16.8 Å². The van der Waals surface area contributed by atoms with E-state index in [-0.39, 0.29) is 0 Å². The normalized spacial score (nSPS) is 11.0. The van der Waals surface area contributed by atoms with E-state index < -0.39 is 5.91 Å². The third-order valence-corrected chi connectivity index (χ3v) is 3.66. The summed E-state index contributed by atoms with van der Waals surface area (Å²) in [6.07, 6.45) is 2.03. The molecule has 114 valence electrons. The smallest absolute Gasteiger partial charge is 0.250 e. The summed E-state index contributed by atoms with van der Waals surface area (Å²) in [6.45, 7) is 3.94. The summed E-state index contributed by atoms with van der Waals surface area (Å²) in [6, 6.07) is 1.59. The van der Waals surface area contributed by atoms with Gasteiger partial charge in [0.05, 0.1) is 23.4 Å². The molecule has 0 aliphatic rings. The number of hydrogen-bond acceptors (Lipinski definition) is 5. The summed E-state index contributed by atoms with van der Waals surface area (Å²) in [4.78, 5) is 18.3. The largest absolute Gasteiger partial charge is 0.366 e. The summed E-state index contributed by atoms with van der Waals surface area (Å²) in [5.41, 5.74) is 9.25. The molecule has 8 nitrogen and oxygen atoms in total. The van der Waals surface area contributed by atoms with Crippen LogP contribution in [0, 0.1) is 13.8 Å². The van der Waals surface area contributed by atoms with E-state index in [4.69, 9.17) is 10.3 Å². The van der Waals surface area contributed by atoms with Crippen molar-refractivity contribution in [3.8, 4) is 11.5 Å². The number of rotatable bonds is 4. The molecule has 22 heavy (non-hydrogen) atoms. The second-order valence-electron chi connectivity index (χ2n) is 5.13. The summed E-state index contributed by atoms with van der Waals surface area (Å²) in [5, 5.41) is 8.29. The summed E-state index contributed by atoms with van der Waals surface area (Å²) < 4.78 is 7.10. The molecule has 0 atom stereocenters. The Morgan fingerprint density at radius 1 is 1.45 bits per heavy atom. The molecule has 0 aromatic carbocycles. The van der Waals surface area contributed by atoms with E-state index in [1.165, 1.54) is 6.20 Å². The first-order valence-corrected chi connectivity index (χ1v) is 6.76. The van der Waals surface area contributed by atoms with Crippen LogP contribution in [0.2, 0.25) is 0 Å². The lowest BCUT2D eigenvalue weighted by Crippen LogP contribution is -2.09.